The second-order valence-electron chi connectivity index (χ2n) is 6.32. The number of rotatable bonds is 4. The summed E-state index contributed by atoms with van der Waals surface area (Å²) in [4.78, 5) is 11.4. The van der Waals surface area contributed by atoms with Crippen LogP contribution in [-0.4, -0.2) is 11.1 Å². The number of hydrogen-bond donors (Lipinski definition) is 1. The highest BCUT2D eigenvalue weighted by atomic mass is 19.1. The Kier molecular flexibility index (Phi) is 4.79. The second kappa shape index (κ2) is 6.38. The van der Waals surface area contributed by atoms with Gasteiger partial charge in [-0.1, -0.05) is 32.0 Å². The van der Waals surface area contributed by atoms with Crippen LogP contribution in [0.5, 0.6) is 0 Å². The maximum absolute atomic E-state index is 13.8. The van der Waals surface area contributed by atoms with Crippen molar-refractivity contribution in [1.82, 2.24) is 0 Å². The highest BCUT2D eigenvalue weighted by molar-refractivity contribution is 5.70. The van der Waals surface area contributed by atoms with Gasteiger partial charge in [-0.15, -0.1) is 0 Å². The number of benzene rings is 1. The number of carboxylic acid groups (broad SMARTS) is 1. The van der Waals surface area contributed by atoms with Crippen LogP contribution in [0.1, 0.15) is 38.7 Å². The van der Waals surface area contributed by atoms with Gasteiger partial charge in [0, 0.05) is 0 Å². The first-order valence-corrected chi connectivity index (χ1v) is 7.45. The first-order valence-electron chi connectivity index (χ1n) is 7.45. The van der Waals surface area contributed by atoms with Gasteiger partial charge in [-0.2, -0.15) is 0 Å². The number of hydrogen-bond acceptors (Lipinski definition) is 1. The van der Waals surface area contributed by atoms with Crippen LogP contribution in [-0.2, 0) is 11.2 Å². The Morgan fingerprint density at radius 1 is 1.35 bits per heavy atom. The average molecular weight is 278 g/mol. The van der Waals surface area contributed by atoms with E-state index in [0.717, 1.165) is 19.3 Å². The molecule has 0 heterocycles. The Bertz CT molecular complexity index is 470. The molecule has 20 heavy (non-hydrogen) atoms. The summed E-state index contributed by atoms with van der Waals surface area (Å²) < 4.78 is 13.8. The molecule has 1 saturated carbocycles. The normalized spacial score (nSPS) is 26.7. The zero-order valence-corrected chi connectivity index (χ0v) is 12.2. The lowest BCUT2D eigenvalue weighted by Gasteiger charge is -2.36. The molecule has 2 nitrogen and oxygen atoms in total. The van der Waals surface area contributed by atoms with Gasteiger partial charge in [-0.3, -0.25) is 4.79 Å². The van der Waals surface area contributed by atoms with E-state index in [9.17, 15) is 14.3 Å². The number of aliphatic carboxylic acids is 1. The second-order valence-corrected chi connectivity index (χ2v) is 6.32. The van der Waals surface area contributed by atoms with Crippen molar-refractivity contribution >= 4 is 5.97 Å². The molecule has 0 saturated heterocycles. The van der Waals surface area contributed by atoms with E-state index in [1.807, 2.05) is 6.07 Å². The van der Waals surface area contributed by atoms with Crippen molar-refractivity contribution in [3.63, 3.8) is 0 Å². The van der Waals surface area contributed by atoms with Gasteiger partial charge in [0.2, 0.25) is 0 Å². The van der Waals surface area contributed by atoms with E-state index in [1.165, 1.54) is 6.07 Å². The molecule has 0 amide bonds. The zero-order chi connectivity index (χ0) is 14.7. The van der Waals surface area contributed by atoms with Gasteiger partial charge in [-0.25, -0.2) is 4.39 Å². The summed E-state index contributed by atoms with van der Waals surface area (Å²) in [6, 6.07) is 6.71. The summed E-state index contributed by atoms with van der Waals surface area (Å²) in [6.07, 6.45) is 3.12. The molecule has 0 radical (unpaired) electrons. The Labute approximate surface area is 120 Å². The van der Waals surface area contributed by atoms with Crippen molar-refractivity contribution in [1.29, 1.82) is 0 Å². The minimum absolute atomic E-state index is 0.0468. The van der Waals surface area contributed by atoms with Crippen LogP contribution in [0.2, 0.25) is 0 Å². The Morgan fingerprint density at radius 3 is 2.65 bits per heavy atom. The van der Waals surface area contributed by atoms with E-state index in [4.69, 9.17) is 0 Å². The standard InChI is InChI=1S/C17H23FO2/c1-11(2)12-7-8-15(17(19)20)14(9-12)10-13-5-3-4-6-16(13)18/h3-6,11-12,14-15H,7-10H2,1-2H3,(H,19,20). The fourth-order valence-corrected chi connectivity index (χ4v) is 3.40. The Hall–Kier alpha value is -1.38. The van der Waals surface area contributed by atoms with Crippen molar-refractivity contribution in [2.24, 2.45) is 23.7 Å². The molecule has 2 rings (SSSR count). The SMILES string of the molecule is CC(C)C1CCC(C(=O)O)C(Cc2ccccc2F)C1. The van der Waals surface area contributed by atoms with Gasteiger partial charge in [0.25, 0.3) is 0 Å². The molecule has 3 heteroatoms. The molecule has 1 N–H and O–H groups in total. The van der Waals surface area contributed by atoms with E-state index in [1.54, 1.807) is 12.1 Å². The lowest BCUT2D eigenvalue weighted by atomic mass is 9.69. The van der Waals surface area contributed by atoms with Crippen LogP contribution in [0, 0.1) is 29.5 Å². The molecule has 1 aromatic rings. The maximum atomic E-state index is 13.8. The highest BCUT2D eigenvalue weighted by Gasteiger charge is 2.36. The topological polar surface area (TPSA) is 37.3 Å². The molecule has 0 aromatic heterocycles. The van der Waals surface area contributed by atoms with E-state index in [2.05, 4.69) is 13.8 Å². The van der Waals surface area contributed by atoms with Gasteiger partial charge >= 0.3 is 5.97 Å². The van der Waals surface area contributed by atoms with Crippen LogP contribution in [0.25, 0.3) is 0 Å². The van der Waals surface area contributed by atoms with Gasteiger partial charge in [0.1, 0.15) is 5.82 Å². The third-order valence-electron chi connectivity index (χ3n) is 4.72. The zero-order valence-electron chi connectivity index (χ0n) is 12.2. The van der Waals surface area contributed by atoms with Gasteiger partial charge in [0.05, 0.1) is 5.92 Å². The predicted molar refractivity (Wildman–Crippen MR) is 76.9 cm³/mol. The largest absolute Gasteiger partial charge is 0.481 e. The molecule has 0 aliphatic heterocycles. The molecule has 3 atom stereocenters. The van der Waals surface area contributed by atoms with Crippen LogP contribution >= 0.6 is 0 Å². The molecular formula is C17H23FO2. The molecule has 1 fully saturated rings. The van der Waals surface area contributed by atoms with Gasteiger partial charge < -0.3 is 5.11 Å². The van der Waals surface area contributed by atoms with E-state index in [0.29, 0.717) is 23.8 Å². The summed E-state index contributed by atoms with van der Waals surface area (Å²) in [6.45, 7) is 4.37. The van der Waals surface area contributed by atoms with Crippen molar-refractivity contribution < 1.29 is 14.3 Å². The first-order chi connectivity index (χ1) is 9.49. The summed E-state index contributed by atoms with van der Waals surface area (Å²) in [7, 11) is 0. The summed E-state index contributed by atoms with van der Waals surface area (Å²) in [5.41, 5.74) is 0.646. The fraction of sp³-hybridized carbons (Fsp3) is 0.588. The van der Waals surface area contributed by atoms with Crippen LogP contribution < -0.4 is 0 Å². The Morgan fingerprint density at radius 2 is 2.05 bits per heavy atom. The van der Waals surface area contributed by atoms with E-state index >= 15 is 0 Å². The fourth-order valence-electron chi connectivity index (χ4n) is 3.40. The smallest absolute Gasteiger partial charge is 0.306 e. The Balaban J connectivity index is 2.15. The van der Waals surface area contributed by atoms with Crippen LogP contribution in [0.15, 0.2) is 24.3 Å². The minimum Gasteiger partial charge on any atom is -0.481 e. The molecule has 0 bridgehead atoms. The summed E-state index contributed by atoms with van der Waals surface area (Å²) >= 11 is 0. The average Bonchev–Trinajstić information content (AvgIpc) is 2.41. The van der Waals surface area contributed by atoms with Gasteiger partial charge in [-0.05, 0) is 55.1 Å². The number of carboxylic acids is 1. The molecule has 1 aliphatic rings. The lowest BCUT2D eigenvalue weighted by Crippen LogP contribution is -2.33. The molecular weight excluding hydrogens is 255 g/mol. The molecule has 0 spiro atoms. The number of carbonyl (C=O) groups is 1. The number of halogens is 1. The van der Waals surface area contributed by atoms with Crippen molar-refractivity contribution in [2.45, 2.75) is 39.5 Å². The predicted octanol–water partition coefficient (Wildman–Crippen LogP) is 4.14. The molecule has 1 aromatic carbocycles. The quantitative estimate of drug-likeness (QED) is 0.898. The monoisotopic (exact) mass is 278 g/mol. The molecule has 110 valence electrons. The maximum Gasteiger partial charge on any atom is 0.306 e. The van der Waals surface area contributed by atoms with Crippen molar-refractivity contribution in [3.05, 3.63) is 35.6 Å². The van der Waals surface area contributed by atoms with Gasteiger partial charge in [0.15, 0.2) is 0 Å². The molecule has 1 aliphatic carbocycles. The van der Waals surface area contributed by atoms with Crippen molar-refractivity contribution in [2.75, 3.05) is 0 Å². The first kappa shape index (κ1) is 15.0. The van der Waals surface area contributed by atoms with Crippen molar-refractivity contribution in [3.8, 4) is 0 Å². The molecule has 3 unspecified atom stereocenters. The third-order valence-corrected chi connectivity index (χ3v) is 4.72. The summed E-state index contributed by atoms with van der Waals surface area (Å²) in [5.74, 6) is -0.109. The highest BCUT2D eigenvalue weighted by Crippen LogP contribution is 2.39. The van der Waals surface area contributed by atoms with E-state index in [-0.39, 0.29) is 17.7 Å². The van der Waals surface area contributed by atoms with Crippen LogP contribution in [0.4, 0.5) is 4.39 Å². The van der Waals surface area contributed by atoms with Crippen LogP contribution in [0.3, 0.4) is 0 Å². The minimum atomic E-state index is -0.728. The van der Waals surface area contributed by atoms with E-state index < -0.39 is 5.97 Å². The lowest BCUT2D eigenvalue weighted by molar-refractivity contribution is -0.145. The summed E-state index contributed by atoms with van der Waals surface area (Å²) in [5, 5.41) is 9.39. The third kappa shape index (κ3) is 3.38.